The van der Waals surface area contributed by atoms with E-state index in [1.165, 1.54) is 16.2 Å². The number of allylic oxidation sites excluding steroid dienone is 2. The number of alkyl carbamates (subject to hydrolysis) is 1. The Labute approximate surface area is 476 Å². The number of hydrogen-bond donors (Lipinski definition) is 8. The van der Waals surface area contributed by atoms with Crippen LogP contribution in [0.4, 0.5) is 21.4 Å². The largest absolute Gasteiger partial charge is 0.481 e. The molecule has 4 amide bonds. The summed E-state index contributed by atoms with van der Waals surface area (Å²) in [5, 5.41) is 44.1. The van der Waals surface area contributed by atoms with Gasteiger partial charge in [-0.1, -0.05) is 75.4 Å². The van der Waals surface area contributed by atoms with Crippen LogP contribution in [0.25, 0.3) is 15.8 Å². The summed E-state index contributed by atoms with van der Waals surface area (Å²) in [5.74, 6) is -3.19. The fourth-order valence-corrected chi connectivity index (χ4v) is 13.7. The van der Waals surface area contributed by atoms with Crippen LogP contribution in [0.1, 0.15) is 123 Å². The summed E-state index contributed by atoms with van der Waals surface area (Å²) in [6.07, 6.45) is 4.18. The van der Waals surface area contributed by atoms with E-state index in [0.717, 1.165) is 53.2 Å². The molecule has 81 heavy (non-hydrogen) atoms. The smallest absolute Gasteiger partial charge is 0.408 e. The third-order valence-electron chi connectivity index (χ3n) is 15.7. The lowest BCUT2D eigenvalue weighted by Crippen LogP contribution is -2.58. The number of aromatic nitrogens is 2. The molecular weight excluding hydrogens is 1050 g/mol. The second kappa shape index (κ2) is 24.5. The van der Waals surface area contributed by atoms with E-state index in [1.807, 2.05) is 48.2 Å². The molecule has 3 aromatic carbocycles. The number of pyridine rings is 1. The van der Waals surface area contributed by atoms with E-state index in [-0.39, 0.29) is 53.5 Å². The Morgan fingerprint density at radius 1 is 0.889 bits per heavy atom. The zero-order valence-corrected chi connectivity index (χ0v) is 48.1. The summed E-state index contributed by atoms with van der Waals surface area (Å²) >= 11 is 1.40. The first-order chi connectivity index (χ1) is 38.4. The van der Waals surface area contributed by atoms with E-state index in [9.17, 15) is 39.0 Å². The summed E-state index contributed by atoms with van der Waals surface area (Å²) in [6, 6.07) is 21.7. The zero-order valence-electron chi connectivity index (χ0n) is 47.3. The molecule has 2 aromatic heterocycles. The Balaban J connectivity index is 0.904. The van der Waals surface area contributed by atoms with Crippen molar-refractivity contribution >= 4 is 85.7 Å². The second-order valence-corrected chi connectivity index (χ2v) is 24.5. The molecule has 8 N–H and O–H groups in total. The number of nitrogens with zero attached hydrogens (tertiary/aromatic N) is 4. The molecule has 2 bridgehead atoms. The van der Waals surface area contributed by atoms with Gasteiger partial charge in [-0.3, -0.25) is 24.5 Å². The molecular formula is C60H74N10O10S. The average molecular weight is 1130 g/mol. The minimum absolute atomic E-state index is 0.0643. The van der Waals surface area contributed by atoms with Crippen LogP contribution >= 0.6 is 11.3 Å². The summed E-state index contributed by atoms with van der Waals surface area (Å²) < 4.78 is 13.3. The molecule has 3 heterocycles. The molecule has 2 aliphatic carbocycles. The van der Waals surface area contributed by atoms with Gasteiger partial charge in [0, 0.05) is 67.5 Å². The lowest BCUT2D eigenvalue weighted by molar-refractivity contribution is -0.191. The second-order valence-electron chi connectivity index (χ2n) is 23.5. The maximum atomic E-state index is 13.8. The summed E-state index contributed by atoms with van der Waals surface area (Å²) in [7, 11) is 3.22. The van der Waals surface area contributed by atoms with Gasteiger partial charge >= 0.3 is 18.0 Å². The monoisotopic (exact) mass is 1130 g/mol. The van der Waals surface area contributed by atoms with E-state index >= 15 is 0 Å². The molecule has 0 radical (unpaired) electrons. The predicted octanol–water partition coefficient (Wildman–Crippen LogP) is 8.72. The number of amides is 4. The Hall–Kier alpha value is -7.75. The van der Waals surface area contributed by atoms with Gasteiger partial charge in [0.1, 0.15) is 18.5 Å². The van der Waals surface area contributed by atoms with Crippen molar-refractivity contribution in [1.29, 1.82) is 5.41 Å². The summed E-state index contributed by atoms with van der Waals surface area (Å²) in [5.41, 5.74) is 4.32. The molecule has 2 saturated carbocycles. The number of carbonyl (C=O) groups is 6. The van der Waals surface area contributed by atoms with Crippen molar-refractivity contribution in [2.75, 3.05) is 55.9 Å². The zero-order chi connectivity index (χ0) is 58.4. The maximum absolute atomic E-state index is 13.8. The van der Waals surface area contributed by atoms with Crippen molar-refractivity contribution in [2.24, 2.45) is 16.2 Å². The highest BCUT2D eigenvalue weighted by molar-refractivity contribution is 7.22. The first-order valence-electron chi connectivity index (χ1n) is 27.2. The van der Waals surface area contributed by atoms with Crippen LogP contribution in [0.3, 0.4) is 0 Å². The number of benzene rings is 3. The van der Waals surface area contributed by atoms with Crippen LogP contribution in [-0.2, 0) is 43.4 Å². The Bertz CT molecular complexity index is 3220. The van der Waals surface area contributed by atoms with E-state index in [0.29, 0.717) is 77.1 Å². The molecule has 0 saturated heterocycles. The number of para-hydroxylation sites is 1. The SMILES string of the molecule is CNC(C)C(=O)Nc1ccc(COC(=O)N[C@@H](CC(=O)O)C(=O)N(C)CCOC23CC(C)(C)CC(C)(CC(C)(CN/C(C)=C(\C=N)c4ccc(N5CCc6cccc(C(=O)Nc7nc8ccccc8s7)c6C5)nc4C(=O)O)C2)C3)cc1. The van der Waals surface area contributed by atoms with Gasteiger partial charge in [-0.15, -0.1) is 0 Å². The molecule has 5 atom stereocenters. The fourth-order valence-electron chi connectivity index (χ4n) is 12.9. The van der Waals surface area contributed by atoms with Crippen molar-refractivity contribution in [3.63, 3.8) is 0 Å². The quantitative estimate of drug-likeness (QED) is 0.0301. The number of thiazole rings is 1. The lowest BCUT2D eigenvalue weighted by atomic mass is 9.48. The number of nitrogens with one attached hydrogen (secondary N) is 6. The van der Waals surface area contributed by atoms with E-state index < -0.39 is 48.0 Å². The predicted molar refractivity (Wildman–Crippen MR) is 312 cm³/mol. The number of anilines is 3. The first kappa shape index (κ1) is 59.4. The van der Waals surface area contributed by atoms with Crippen LogP contribution < -0.4 is 31.5 Å². The van der Waals surface area contributed by atoms with Crippen molar-refractivity contribution in [1.82, 2.24) is 30.8 Å². The number of aromatic carboxylic acids is 1. The Morgan fingerprint density at radius 3 is 2.35 bits per heavy atom. The van der Waals surface area contributed by atoms with Gasteiger partial charge in [0.15, 0.2) is 10.8 Å². The van der Waals surface area contributed by atoms with Gasteiger partial charge < -0.3 is 56.2 Å². The number of ether oxygens (including phenoxy) is 2. The number of rotatable bonds is 22. The molecule has 1 aliphatic heterocycles. The number of carboxylic acid groups (broad SMARTS) is 2. The highest BCUT2D eigenvalue weighted by Crippen LogP contribution is 2.63. The Kier molecular flexibility index (Phi) is 18.0. The van der Waals surface area contributed by atoms with E-state index in [4.69, 9.17) is 14.9 Å². The molecule has 0 spiro atoms. The first-order valence-corrected chi connectivity index (χ1v) is 28.0. The van der Waals surface area contributed by atoms with Crippen molar-refractivity contribution in [3.8, 4) is 0 Å². The van der Waals surface area contributed by atoms with E-state index in [1.54, 1.807) is 63.5 Å². The number of carbonyl (C=O) groups excluding carboxylic acids is 4. The van der Waals surface area contributed by atoms with Crippen LogP contribution in [0.2, 0.25) is 0 Å². The minimum atomic E-state index is -1.41. The number of aliphatic carboxylic acids is 1. The number of hydrogen-bond acceptors (Lipinski definition) is 15. The molecule has 430 valence electrons. The van der Waals surface area contributed by atoms with Crippen molar-refractivity contribution < 1.29 is 48.5 Å². The molecule has 20 nitrogen and oxygen atoms in total. The maximum Gasteiger partial charge on any atom is 0.408 e. The van der Waals surface area contributed by atoms with Gasteiger partial charge in [0.05, 0.1) is 34.9 Å². The van der Waals surface area contributed by atoms with Crippen LogP contribution in [0, 0.1) is 21.7 Å². The minimum Gasteiger partial charge on any atom is -0.481 e. The molecule has 3 aliphatic rings. The van der Waals surface area contributed by atoms with Crippen molar-refractivity contribution in [3.05, 3.63) is 118 Å². The van der Waals surface area contributed by atoms with Gasteiger partial charge in [-0.05, 0) is 135 Å². The standard InChI is InChI=1S/C60H74N10O10S/c1-36(43(27-61)41-20-21-48(67-50(41)54(76)77)70-23-22-39-12-11-13-42(44(39)28-70)52(74)68-55-65-45-14-9-10-15-47(45)81-55)63-35-59(6)32-58(5)30-57(3,4)31-60(33-58,34-59)80-25-24-69(8)53(75)46(26-49(71)72)66-56(78)79-29-38-16-18-40(19-17-38)64-51(73)37(2)62-7/h9-21,27,37,46,61-63H,22-26,28-35H2,1-8H3,(H,64,73)(H,66,78)(H,71,72)(H,76,77)(H,65,68,74)/b43-36+,61-27?/t37?,46-,58?,59?,60?/m0/s1. The Morgan fingerprint density at radius 2 is 1.64 bits per heavy atom. The molecule has 4 unspecified atom stereocenters. The normalized spacial score (nSPS) is 21.1. The average Bonchev–Trinajstić information content (AvgIpc) is 3.86. The number of carboxylic acids is 2. The van der Waals surface area contributed by atoms with Gasteiger partial charge in [0.2, 0.25) is 11.8 Å². The molecule has 8 rings (SSSR count). The number of likely N-dealkylation sites (N-methyl/N-ethyl adjacent to an activating group) is 2. The van der Waals surface area contributed by atoms with Gasteiger partial charge in [0.25, 0.3) is 5.91 Å². The molecule has 5 aromatic rings. The lowest BCUT2D eigenvalue weighted by Gasteiger charge is -2.61. The van der Waals surface area contributed by atoms with Crippen LogP contribution in [0.15, 0.2) is 84.6 Å². The van der Waals surface area contributed by atoms with Crippen LogP contribution in [-0.4, -0.2) is 125 Å². The number of fused-ring (bicyclic) bond motifs is 4. The van der Waals surface area contributed by atoms with E-state index in [2.05, 4.69) is 64.2 Å². The van der Waals surface area contributed by atoms with Crippen LogP contribution in [0.5, 0.6) is 0 Å². The summed E-state index contributed by atoms with van der Waals surface area (Å²) in [6.45, 7) is 14.0. The fraction of sp³-hybridized carbons (Fsp3) is 0.450. The van der Waals surface area contributed by atoms with Crippen molar-refractivity contribution in [2.45, 2.75) is 117 Å². The third kappa shape index (κ3) is 14.4. The highest BCUT2D eigenvalue weighted by Gasteiger charge is 2.58. The van der Waals surface area contributed by atoms with Gasteiger partial charge in [-0.25, -0.2) is 19.6 Å². The molecule has 2 fully saturated rings. The third-order valence-corrected chi connectivity index (χ3v) is 16.7. The molecule has 21 heteroatoms. The highest BCUT2D eigenvalue weighted by atomic mass is 32.1. The summed E-state index contributed by atoms with van der Waals surface area (Å²) in [4.78, 5) is 90.2. The van der Waals surface area contributed by atoms with Gasteiger partial charge in [-0.2, -0.15) is 0 Å². The topological polar surface area (TPSA) is 278 Å².